The fourth-order valence-electron chi connectivity index (χ4n) is 3.43. The number of amides is 1. The number of ether oxygens (including phenoxy) is 1. The SMILES string of the molecule is Cc1nc2ccc(C(=O)N(C)C3CCOc4ccccc43)cc2nc1C. The second-order valence-electron chi connectivity index (χ2n) is 6.70. The van der Waals surface area contributed by atoms with E-state index in [1.54, 1.807) is 4.90 Å². The molecule has 0 radical (unpaired) electrons. The van der Waals surface area contributed by atoms with Crippen molar-refractivity contribution in [1.82, 2.24) is 14.9 Å². The number of benzene rings is 2. The lowest BCUT2D eigenvalue weighted by molar-refractivity contribution is 0.0686. The predicted molar refractivity (Wildman–Crippen MR) is 100 cm³/mol. The second-order valence-corrected chi connectivity index (χ2v) is 6.70. The van der Waals surface area contributed by atoms with Crippen molar-refractivity contribution in [3.05, 3.63) is 65.0 Å². The Morgan fingerprint density at radius 3 is 2.62 bits per heavy atom. The molecule has 0 bridgehead atoms. The highest BCUT2D eigenvalue weighted by molar-refractivity contribution is 5.97. The number of hydrogen-bond acceptors (Lipinski definition) is 4. The molecule has 1 aliphatic heterocycles. The molecular formula is C21H21N3O2. The maximum Gasteiger partial charge on any atom is 0.254 e. The number of carbonyl (C=O) groups is 1. The summed E-state index contributed by atoms with van der Waals surface area (Å²) < 4.78 is 5.72. The highest BCUT2D eigenvalue weighted by Gasteiger charge is 2.28. The zero-order valence-corrected chi connectivity index (χ0v) is 15.2. The number of hydrogen-bond donors (Lipinski definition) is 0. The smallest absolute Gasteiger partial charge is 0.254 e. The fraction of sp³-hybridized carbons (Fsp3) is 0.286. The van der Waals surface area contributed by atoms with Gasteiger partial charge in [-0.05, 0) is 38.1 Å². The molecule has 1 atom stereocenters. The van der Waals surface area contributed by atoms with Crippen molar-refractivity contribution in [1.29, 1.82) is 0 Å². The minimum Gasteiger partial charge on any atom is -0.493 e. The summed E-state index contributed by atoms with van der Waals surface area (Å²) in [5.41, 5.74) is 5.04. The fourth-order valence-corrected chi connectivity index (χ4v) is 3.43. The normalized spacial score (nSPS) is 16.0. The largest absolute Gasteiger partial charge is 0.493 e. The van der Waals surface area contributed by atoms with Gasteiger partial charge in [-0.2, -0.15) is 0 Å². The Kier molecular flexibility index (Phi) is 4.07. The van der Waals surface area contributed by atoms with Crippen molar-refractivity contribution in [2.24, 2.45) is 0 Å². The number of rotatable bonds is 2. The molecule has 4 rings (SSSR count). The third-order valence-corrected chi connectivity index (χ3v) is 5.04. The molecule has 3 aromatic rings. The molecule has 0 fully saturated rings. The average molecular weight is 347 g/mol. The highest BCUT2D eigenvalue weighted by atomic mass is 16.5. The maximum atomic E-state index is 13.1. The van der Waals surface area contributed by atoms with Crippen LogP contribution in [0.25, 0.3) is 11.0 Å². The zero-order valence-electron chi connectivity index (χ0n) is 15.2. The van der Waals surface area contributed by atoms with Crippen LogP contribution in [-0.2, 0) is 0 Å². The Hall–Kier alpha value is -2.95. The molecule has 5 heteroatoms. The van der Waals surface area contributed by atoms with E-state index < -0.39 is 0 Å². The summed E-state index contributed by atoms with van der Waals surface area (Å²) in [5.74, 6) is 0.840. The van der Waals surface area contributed by atoms with Gasteiger partial charge in [-0.3, -0.25) is 4.79 Å². The van der Waals surface area contributed by atoms with Gasteiger partial charge in [0.25, 0.3) is 5.91 Å². The number of aromatic nitrogens is 2. The van der Waals surface area contributed by atoms with Crippen LogP contribution in [-0.4, -0.2) is 34.4 Å². The summed E-state index contributed by atoms with van der Waals surface area (Å²) in [5, 5.41) is 0. The Morgan fingerprint density at radius 2 is 1.81 bits per heavy atom. The molecule has 1 amide bonds. The molecule has 1 aliphatic rings. The summed E-state index contributed by atoms with van der Waals surface area (Å²) in [7, 11) is 1.85. The first kappa shape index (κ1) is 16.5. The zero-order chi connectivity index (χ0) is 18.3. The molecule has 2 heterocycles. The topological polar surface area (TPSA) is 55.3 Å². The van der Waals surface area contributed by atoms with Crippen molar-refractivity contribution in [3.8, 4) is 5.75 Å². The summed E-state index contributed by atoms with van der Waals surface area (Å²) in [4.78, 5) is 24.0. The molecule has 1 aromatic heterocycles. The number of carbonyl (C=O) groups excluding carboxylic acids is 1. The standard InChI is InChI=1S/C21H21N3O2/c1-13-14(2)23-18-12-15(8-9-17(18)22-13)21(25)24(3)19-10-11-26-20-7-5-4-6-16(19)20/h4-9,12,19H,10-11H2,1-3H3. The van der Waals surface area contributed by atoms with Crippen LogP contribution >= 0.6 is 0 Å². The summed E-state index contributed by atoms with van der Waals surface area (Å²) >= 11 is 0. The van der Waals surface area contributed by atoms with Crippen LogP contribution in [0.1, 0.15) is 39.8 Å². The van der Waals surface area contributed by atoms with Crippen LogP contribution in [0, 0.1) is 13.8 Å². The first-order valence-corrected chi connectivity index (χ1v) is 8.78. The molecule has 0 N–H and O–H groups in total. The van der Waals surface area contributed by atoms with Crippen LogP contribution in [0.4, 0.5) is 0 Å². The van der Waals surface area contributed by atoms with Gasteiger partial charge in [0.1, 0.15) is 5.75 Å². The third kappa shape index (κ3) is 2.79. The lowest BCUT2D eigenvalue weighted by Crippen LogP contribution is -2.34. The molecule has 1 unspecified atom stereocenters. The molecular weight excluding hydrogens is 326 g/mol. The van der Waals surface area contributed by atoms with Gasteiger partial charge in [0.05, 0.1) is 35.1 Å². The van der Waals surface area contributed by atoms with Crippen LogP contribution in [0.15, 0.2) is 42.5 Å². The minimum absolute atomic E-state index is 0.00832. The lowest BCUT2D eigenvalue weighted by atomic mass is 9.98. The van der Waals surface area contributed by atoms with Gasteiger partial charge in [0, 0.05) is 24.6 Å². The summed E-state index contributed by atoms with van der Waals surface area (Å²) in [6, 6.07) is 13.5. The molecule has 26 heavy (non-hydrogen) atoms. The van der Waals surface area contributed by atoms with Gasteiger partial charge in [-0.25, -0.2) is 9.97 Å². The predicted octanol–water partition coefficient (Wildman–Crippen LogP) is 3.84. The van der Waals surface area contributed by atoms with E-state index in [1.165, 1.54) is 0 Å². The van der Waals surface area contributed by atoms with Gasteiger partial charge >= 0.3 is 0 Å². The van der Waals surface area contributed by atoms with E-state index in [-0.39, 0.29) is 11.9 Å². The lowest BCUT2D eigenvalue weighted by Gasteiger charge is -2.33. The van der Waals surface area contributed by atoms with E-state index in [9.17, 15) is 4.79 Å². The number of para-hydroxylation sites is 1. The maximum absolute atomic E-state index is 13.1. The van der Waals surface area contributed by atoms with Gasteiger partial charge in [0.15, 0.2) is 0 Å². The molecule has 2 aromatic carbocycles. The van der Waals surface area contributed by atoms with Gasteiger partial charge in [-0.1, -0.05) is 18.2 Å². The third-order valence-electron chi connectivity index (χ3n) is 5.04. The van der Waals surface area contributed by atoms with E-state index >= 15 is 0 Å². The highest BCUT2D eigenvalue weighted by Crippen LogP contribution is 2.35. The molecule has 0 saturated carbocycles. The van der Waals surface area contributed by atoms with Gasteiger partial charge in [0.2, 0.25) is 0 Å². The van der Waals surface area contributed by atoms with Crippen LogP contribution in [0.5, 0.6) is 5.75 Å². The van der Waals surface area contributed by atoms with Crippen molar-refractivity contribution >= 4 is 16.9 Å². The minimum atomic E-state index is -0.0198. The van der Waals surface area contributed by atoms with E-state index in [4.69, 9.17) is 4.74 Å². The average Bonchev–Trinajstić information content (AvgIpc) is 2.67. The second kappa shape index (κ2) is 6.41. The molecule has 0 aliphatic carbocycles. The quantitative estimate of drug-likeness (QED) is 0.707. The summed E-state index contributed by atoms with van der Waals surface area (Å²) in [6.45, 7) is 4.49. The van der Waals surface area contributed by atoms with Crippen molar-refractivity contribution in [2.75, 3.05) is 13.7 Å². The van der Waals surface area contributed by atoms with Crippen LogP contribution < -0.4 is 4.74 Å². The Balaban J connectivity index is 1.67. The number of fused-ring (bicyclic) bond motifs is 2. The first-order valence-electron chi connectivity index (χ1n) is 8.78. The Bertz CT molecular complexity index is 1000. The Labute approximate surface area is 152 Å². The van der Waals surface area contributed by atoms with Crippen molar-refractivity contribution < 1.29 is 9.53 Å². The van der Waals surface area contributed by atoms with E-state index in [1.807, 2.05) is 63.4 Å². The molecule has 132 valence electrons. The van der Waals surface area contributed by atoms with Gasteiger partial charge < -0.3 is 9.64 Å². The van der Waals surface area contributed by atoms with E-state index in [0.717, 1.165) is 40.2 Å². The first-order chi connectivity index (χ1) is 12.5. The van der Waals surface area contributed by atoms with Crippen molar-refractivity contribution in [2.45, 2.75) is 26.3 Å². The monoisotopic (exact) mass is 347 g/mol. The van der Waals surface area contributed by atoms with Crippen molar-refractivity contribution in [3.63, 3.8) is 0 Å². The summed E-state index contributed by atoms with van der Waals surface area (Å²) in [6.07, 6.45) is 0.783. The van der Waals surface area contributed by atoms with Crippen LogP contribution in [0.2, 0.25) is 0 Å². The van der Waals surface area contributed by atoms with E-state index in [2.05, 4.69) is 9.97 Å². The van der Waals surface area contributed by atoms with Gasteiger partial charge in [-0.15, -0.1) is 0 Å². The molecule has 5 nitrogen and oxygen atoms in total. The van der Waals surface area contributed by atoms with Crippen LogP contribution in [0.3, 0.4) is 0 Å². The Morgan fingerprint density at radius 1 is 1.08 bits per heavy atom. The molecule has 0 saturated heterocycles. The number of nitrogens with zero attached hydrogens (tertiary/aromatic N) is 3. The number of aryl methyl sites for hydroxylation is 2. The van der Waals surface area contributed by atoms with E-state index in [0.29, 0.717) is 12.2 Å². The molecule has 0 spiro atoms.